The van der Waals surface area contributed by atoms with Crippen LogP contribution in [-0.4, -0.2) is 16.7 Å². The van der Waals surface area contributed by atoms with Gasteiger partial charge in [-0.05, 0) is 52.2 Å². The quantitative estimate of drug-likeness (QED) is 0.786. The standard InChI is InChI=1S/C18H27BrO3/c1-16(2,3)11-9-12(17(4,5)6)14(13(19)10-11)22-18(7,8)15(20)21/h9-10H,1-8H3,(H,20,21). The molecule has 0 bridgehead atoms. The molecule has 3 nitrogen and oxygen atoms in total. The van der Waals surface area contributed by atoms with E-state index in [4.69, 9.17) is 4.74 Å². The fraction of sp³-hybridized carbons (Fsp3) is 0.611. The van der Waals surface area contributed by atoms with Crippen LogP contribution in [0.3, 0.4) is 0 Å². The number of hydrogen-bond donors (Lipinski definition) is 1. The zero-order valence-electron chi connectivity index (χ0n) is 14.8. The molecule has 0 atom stereocenters. The molecule has 1 aromatic carbocycles. The zero-order valence-corrected chi connectivity index (χ0v) is 16.4. The van der Waals surface area contributed by atoms with Crippen LogP contribution in [0.4, 0.5) is 0 Å². The first-order chi connectivity index (χ1) is 9.66. The molecule has 1 N–H and O–H groups in total. The third-order valence-electron chi connectivity index (χ3n) is 3.59. The highest BCUT2D eigenvalue weighted by Crippen LogP contribution is 2.42. The topological polar surface area (TPSA) is 46.5 Å². The van der Waals surface area contributed by atoms with E-state index in [9.17, 15) is 9.90 Å². The first kappa shape index (κ1) is 19.0. The highest BCUT2D eigenvalue weighted by atomic mass is 79.9. The summed E-state index contributed by atoms with van der Waals surface area (Å²) in [5.41, 5.74) is 0.744. The molecular weight excluding hydrogens is 344 g/mol. The van der Waals surface area contributed by atoms with Crippen molar-refractivity contribution in [2.45, 2.75) is 71.8 Å². The van der Waals surface area contributed by atoms with Gasteiger partial charge in [-0.15, -0.1) is 0 Å². The first-order valence-electron chi connectivity index (χ1n) is 7.43. The van der Waals surface area contributed by atoms with Crippen molar-refractivity contribution in [3.63, 3.8) is 0 Å². The van der Waals surface area contributed by atoms with Gasteiger partial charge >= 0.3 is 5.97 Å². The van der Waals surface area contributed by atoms with Crippen LogP contribution in [0.1, 0.15) is 66.5 Å². The molecule has 0 aliphatic heterocycles. The number of carboxylic acids is 1. The Labute approximate surface area is 142 Å². The van der Waals surface area contributed by atoms with Gasteiger partial charge in [0.1, 0.15) is 5.75 Å². The molecule has 0 unspecified atom stereocenters. The van der Waals surface area contributed by atoms with Crippen LogP contribution >= 0.6 is 15.9 Å². The van der Waals surface area contributed by atoms with E-state index in [1.807, 2.05) is 6.07 Å². The Hall–Kier alpha value is -1.03. The summed E-state index contributed by atoms with van der Waals surface area (Å²) in [6.45, 7) is 15.9. The number of hydrogen-bond acceptors (Lipinski definition) is 2. The Bertz CT molecular complexity index is 575. The highest BCUT2D eigenvalue weighted by molar-refractivity contribution is 9.10. The lowest BCUT2D eigenvalue weighted by Crippen LogP contribution is -2.38. The van der Waals surface area contributed by atoms with Crippen molar-refractivity contribution in [3.05, 3.63) is 27.7 Å². The predicted octanol–water partition coefficient (Wildman–Crippen LogP) is 5.29. The molecule has 1 aromatic rings. The van der Waals surface area contributed by atoms with Gasteiger partial charge in [-0.25, -0.2) is 4.79 Å². The van der Waals surface area contributed by atoms with Gasteiger partial charge in [0.15, 0.2) is 5.60 Å². The Morgan fingerprint density at radius 2 is 1.50 bits per heavy atom. The second-order valence-electron chi connectivity index (χ2n) is 8.25. The van der Waals surface area contributed by atoms with Gasteiger partial charge in [-0.3, -0.25) is 0 Å². The zero-order chi connectivity index (χ0) is 17.5. The molecule has 0 fully saturated rings. The highest BCUT2D eigenvalue weighted by Gasteiger charge is 2.33. The van der Waals surface area contributed by atoms with Crippen LogP contribution < -0.4 is 4.74 Å². The Balaban J connectivity index is 3.55. The van der Waals surface area contributed by atoms with Gasteiger partial charge in [-0.1, -0.05) is 47.6 Å². The largest absolute Gasteiger partial charge is 0.478 e. The molecule has 4 heteroatoms. The minimum absolute atomic E-state index is 0.00334. The monoisotopic (exact) mass is 370 g/mol. The summed E-state index contributed by atoms with van der Waals surface area (Å²) in [7, 11) is 0. The van der Waals surface area contributed by atoms with Crippen LogP contribution in [-0.2, 0) is 15.6 Å². The van der Waals surface area contributed by atoms with Crippen molar-refractivity contribution in [1.29, 1.82) is 0 Å². The summed E-state index contributed by atoms with van der Waals surface area (Å²) in [6, 6.07) is 4.14. The molecule has 0 aliphatic carbocycles. The number of carbonyl (C=O) groups is 1. The molecular formula is C18H27BrO3. The molecule has 0 aromatic heterocycles. The van der Waals surface area contributed by atoms with E-state index in [2.05, 4.69) is 63.5 Å². The first-order valence-corrected chi connectivity index (χ1v) is 8.22. The van der Waals surface area contributed by atoms with Gasteiger partial charge < -0.3 is 9.84 Å². The van der Waals surface area contributed by atoms with Crippen molar-refractivity contribution >= 4 is 21.9 Å². The number of benzene rings is 1. The molecule has 0 amide bonds. The smallest absolute Gasteiger partial charge is 0.347 e. The van der Waals surface area contributed by atoms with Crippen molar-refractivity contribution in [1.82, 2.24) is 0 Å². The summed E-state index contributed by atoms with van der Waals surface area (Å²) in [4.78, 5) is 11.4. The van der Waals surface area contributed by atoms with E-state index in [1.54, 1.807) is 13.8 Å². The van der Waals surface area contributed by atoms with E-state index in [0.29, 0.717) is 5.75 Å². The fourth-order valence-corrected chi connectivity index (χ4v) is 2.53. The molecule has 0 saturated heterocycles. The van der Waals surface area contributed by atoms with Gasteiger partial charge in [0.25, 0.3) is 0 Å². The number of rotatable bonds is 3. The maximum absolute atomic E-state index is 11.4. The fourth-order valence-electron chi connectivity index (χ4n) is 1.99. The molecule has 0 aliphatic rings. The Morgan fingerprint density at radius 1 is 1.00 bits per heavy atom. The lowest BCUT2D eigenvalue weighted by Gasteiger charge is -2.31. The minimum Gasteiger partial charge on any atom is -0.478 e. The van der Waals surface area contributed by atoms with Crippen molar-refractivity contribution in [3.8, 4) is 5.75 Å². The number of halogens is 1. The number of carboxylic acid groups (broad SMARTS) is 1. The van der Waals surface area contributed by atoms with Crippen LogP contribution in [0.2, 0.25) is 0 Å². The van der Waals surface area contributed by atoms with Crippen LogP contribution in [0.15, 0.2) is 16.6 Å². The summed E-state index contributed by atoms with van der Waals surface area (Å²) in [6.07, 6.45) is 0. The number of ether oxygens (including phenoxy) is 1. The van der Waals surface area contributed by atoms with E-state index in [0.717, 1.165) is 10.0 Å². The molecule has 1 rings (SSSR count). The lowest BCUT2D eigenvalue weighted by molar-refractivity contribution is -0.152. The lowest BCUT2D eigenvalue weighted by atomic mass is 9.80. The van der Waals surface area contributed by atoms with Crippen LogP contribution in [0, 0.1) is 0 Å². The van der Waals surface area contributed by atoms with Gasteiger partial charge in [0.2, 0.25) is 0 Å². The Morgan fingerprint density at radius 3 is 1.86 bits per heavy atom. The molecule has 0 saturated carbocycles. The van der Waals surface area contributed by atoms with E-state index in [1.165, 1.54) is 5.56 Å². The van der Waals surface area contributed by atoms with Crippen molar-refractivity contribution in [2.24, 2.45) is 0 Å². The van der Waals surface area contributed by atoms with E-state index in [-0.39, 0.29) is 10.8 Å². The summed E-state index contributed by atoms with van der Waals surface area (Å²) >= 11 is 3.57. The maximum Gasteiger partial charge on any atom is 0.347 e. The van der Waals surface area contributed by atoms with Gasteiger partial charge in [0, 0.05) is 5.56 Å². The van der Waals surface area contributed by atoms with Crippen LogP contribution in [0.5, 0.6) is 5.75 Å². The predicted molar refractivity (Wildman–Crippen MR) is 93.9 cm³/mol. The summed E-state index contributed by atoms with van der Waals surface area (Å²) in [5.74, 6) is -0.382. The normalized spacial score (nSPS) is 13.1. The molecule has 0 heterocycles. The van der Waals surface area contributed by atoms with Gasteiger partial charge in [0.05, 0.1) is 4.47 Å². The average Bonchev–Trinajstić information content (AvgIpc) is 2.28. The van der Waals surface area contributed by atoms with E-state index < -0.39 is 11.6 Å². The minimum atomic E-state index is -1.29. The second kappa shape index (κ2) is 5.88. The molecule has 124 valence electrons. The second-order valence-corrected chi connectivity index (χ2v) is 9.11. The van der Waals surface area contributed by atoms with E-state index >= 15 is 0 Å². The third-order valence-corrected chi connectivity index (χ3v) is 4.18. The number of aliphatic carboxylic acids is 1. The third kappa shape index (κ3) is 4.25. The molecule has 22 heavy (non-hydrogen) atoms. The summed E-state index contributed by atoms with van der Waals surface area (Å²) < 4.78 is 6.66. The molecule has 0 spiro atoms. The SMILES string of the molecule is CC(C)(Oc1c(Br)cc(C(C)(C)C)cc1C(C)(C)C)C(=O)O. The van der Waals surface area contributed by atoms with Crippen molar-refractivity contribution < 1.29 is 14.6 Å². The molecule has 0 radical (unpaired) electrons. The maximum atomic E-state index is 11.4. The Kier molecular flexibility index (Phi) is 5.08. The summed E-state index contributed by atoms with van der Waals surface area (Å²) in [5, 5.41) is 9.33. The van der Waals surface area contributed by atoms with Crippen molar-refractivity contribution in [2.75, 3.05) is 0 Å². The van der Waals surface area contributed by atoms with Gasteiger partial charge in [-0.2, -0.15) is 0 Å². The average molecular weight is 371 g/mol. The van der Waals surface area contributed by atoms with Crippen LogP contribution in [0.25, 0.3) is 0 Å².